The maximum atomic E-state index is 11.7. The van der Waals surface area contributed by atoms with Crippen molar-refractivity contribution < 1.29 is 30.0 Å². The van der Waals surface area contributed by atoms with E-state index < -0.39 is 24.3 Å². The maximum Gasteiger partial charge on any atom is 0.337 e. The molecule has 0 fully saturated rings. The third-order valence-corrected chi connectivity index (χ3v) is 4.67. The third kappa shape index (κ3) is 7.84. The lowest BCUT2D eigenvalue weighted by molar-refractivity contribution is -0.151. The summed E-state index contributed by atoms with van der Waals surface area (Å²) < 4.78 is 5.28. The Morgan fingerprint density at radius 2 is 1.68 bits per heavy atom. The van der Waals surface area contributed by atoms with Gasteiger partial charge in [-0.2, -0.15) is 0 Å². The lowest BCUT2D eigenvalue weighted by Gasteiger charge is -2.30. The molecule has 1 unspecified atom stereocenters. The molecule has 6 heteroatoms. The van der Waals surface area contributed by atoms with E-state index >= 15 is 0 Å². The summed E-state index contributed by atoms with van der Waals surface area (Å²) in [6.45, 7) is 6.93. The first-order valence-corrected chi connectivity index (χ1v) is 9.43. The molecule has 0 aromatic carbocycles. The van der Waals surface area contributed by atoms with Crippen molar-refractivity contribution >= 4 is 5.97 Å². The Balaban J connectivity index is 2.55. The molecule has 6 nitrogen and oxygen atoms in total. The molecule has 1 aliphatic heterocycles. The number of carbonyl (C=O) groups is 1. The summed E-state index contributed by atoms with van der Waals surface area (Å²) in [7, 11) is 0. The van der Waals surface area contributed by atoms with Crippen molar-refractivity contribution in [2.24, 2.45) is 5.92 Å². The van der Waals surface area contributed by atoms with E-state index in [-0.39, 0.29) is 30.3 Å². The SMILES string of the molecule is CC1=C(O)[C@H](C)[C@@H](C[C@H](O)/C=C/C(C)=C/CC(O)/C=C/C(C)=C/CO)OC1=O. The van der Waals surface area contributed by atoms with Crippen LogP contribution in [0.15, 0.2) is 58.9 Å². The van der Waals surface area contributed by atoms with Gasteiger partial charge in [0.2, 0.25) is 0 Å². The number of allylic oxidation sites excluding steroid dienone is 4. The zero-order valence-corrected chi connectivity index (χ0v) is 17.0. The zero-order valence-electron chi connectivity index (χ0n) is 17.0. The Labute approximate surface area is 166 Å². The monoisotopic (exact) mass is 392 g/mol. The van der Waals surface area contributed by atoms with E-state index in [1.165, 1.54) is 6.92 Å². The van der Waals surface area contributed by atoms with Crippen molar-refractivity contribution in [2.45, 2.75) is 58.8 Å². The van der Waals surface area contributed by atoms with E-state index in [4.69, 9.17) is 9.84 Å². The Morgan fingerprint density at radius 3 is 2.29 bits per heavy atom. The fraction of sp³-hybridized carbons (Fsp3) is 0.500. The molecule has 156 valence electrons. The van der Waals surface area contributed by atoms with Gasteiger partial charge >= 0.3 is 5.97 Å². The van der Waals surface area contributed by atoms with Crippen molar-refractivity contribution in [2.75, 3.05) is 6.61 Å². The van der Waals surface area contributed by atoms with E-state index in [2.05, 4.69) is 0 Å². The molecule has 0 aromatic heterocycles. The fourth-order valence-corrected chi connectivity index (χ4v) is 2.71. The van der Waals surface area contributed by atoms with E-state index in [9.17, 15) is 20.1 Å². The highest BCUT2D eigenvalue weighted by Gasteiger charge is 2.34. The average Bonchev–Trinajstić information content (AvgIpc) is 2.65. The predicted octanol–water partition coefficient (Wildman–Crippen LogP) is 2.88. The second kappa shape index (κ2) is 11.6. The molecule has 0 saturated heterocycles. The number of hydrogen-bond acceptors (Lipinski definition) is 6. The highest BCUT2D eigenvalue weighted by molar-refractivity contribution is 5.89. The first-order chi connectivity index (χ1) is 13.1. The van der Waals surface area contributed by atoms with Gasteiger partial charge in [-0.25, -0.2) is 4.79 Å². The fourth-order valence-electron chi connectivity index (χ4n) is 2.71. The summed E-state index contributed by atoms with van der Waals surface area (Å²) in [4.78, 5) is 11.7. The second-order valence-corrected chi connectivity index (χ2v) is 7.15. The van der Waals surface area contributed by atoms with Crippen LogP contribution in [0.25, 0.3) is 0 Å². The van der Waals surface area contributed by atoms with Crippen LogP contribution in [-0.4, -0.2) is 51.3 Å². The smallest absolute Gasteiger partial charge is 0.337 e. The molecule has 0 radical (unpaired) electrons. The minimum absolute atomic E-state index is 0.0135. The van der Waals surface area contributed by atoms with Gasteiger partial charge < -0.3 is 25.2 Å². The number of aliphatic hydroxyl groups is 4. The highest BCUT2D eigenvalue weighted by atomic mass is 16.5. The van der Waals surface area contributed by atoms with Crippen LogP contribution in [0.3, 0.4) is 0 Å². The Hall–Kier alpha value is -2.15. The maximum absolute atomic E-state index is 11.7. The molecule has 0 aliphatic carbocycles. The molecule has 0 saturated carbocycles. The van der Waals surface area contributed by atoms with Gasteiger partial charge in [0.1, 0.15) is 11.9 Å². The van der Waals surface area contributed by atoms with E-state index in [0.717, 1.165) is 11.1 Å². The van der Waals surface area contributed by atoms with E-state index in [1.807, 2.05) is 19.9 Å². The molecule has 0 amide bonds. The van der Waals surface area contributed by atoms with Crippen molar-refractivity contribution in [3.8, 4) is 0 Å². The molecule has 1 heterocycles. The van der Waals surface area contributed by atoms with Gasteiger partial charge in [-0.15, -0.1) is 0 Å². The van der Waals surface area contributed by atoms with Gasteiger partial charge in [0.05, 0.1) is 30.3 Å². The first kappa shape index (κ1) is 23.9. The lowest BCUT2D eigenvalue weighted by atomic mass is 9.92. The summed E-state index contributed by atoms with van der Waals surface area (Å²) in [6.07, 6.45) is 8.82. The highest BCUT2D eigenvalue weighted by Crippen LogP contribution is 2.28. The number of cyclic esters (lactones) is 1. The van der Waals surface area contributed by atoms with Crippen LogP contribution in [-0.2, 0) is 9.53 Å². The van der Waals surface area contributed by atoms with Gasteiger partial charge in [0.25, 0.3) is 0 Å². The van der Waals surface area contributed by atoms with Crippen LogP contribution < -0.4 is 0 Å². The normalized spacial score (nSPS) is 24.2. The second-order valence-electron chi connectivity index (χ2n) is 7.15. The minimum atomic E-state index is -0.828. The van der Waals surface area contributed by atoms with Crippen molar-refractivity contribution in [3.05, 3.63) is 58.9 Å². The molecule has 4 atom stereocenters. The molecule has 1 aliphatic rings. The Bertz CT molecular complexity index is 683. The molecule has 28 heavy (non-hydrogen) atoms. The molecule has 4 N–H and O–H groups in total. The summed E-state index contributed by atoms with van der Waals surface area (Å²) in [6, 6.07) is 0. The lowest BCUT2D eigenvalue weighted by Crippen LogP contribution is -2.35. The standard InChI is InChI=1S/C22H32O6/c1-14(5-8-18(24)9-6-15(2)11-12-23)7-10-19(25)13-20-16(3)21(26)17(4)22(27)28-20/h5-7,9-11,16,18-20,23-26H,8,12-13H2,1-4H3/b9-6+,10-7+,14-5+,15-11+/t16-,18?,19-,20-/m1/s1. The number of carbonyl (C=O) groups excluding carboxylic acids is 1. The quantitative estimate of drug-likeness (QED) is 0.355. The van der Waals surface area contributed by atoms with Crippen LogP contribution in [0.2, 0.25) is 0 Å². The predicted molar refractivity (Wildman–Crippen MR) is 109 cm³/mol. The zero-order chi connectivity index (χ0) is 21.3. The number of aliphatic hydroxyl groups excluding tert-OH is 4. The van der Waals surface area contributed by atoms with Crippen molar-refractivity contribution in [1.82, 2.24) is 0 Å². The summed E-state index contributed by atoms with van der Waals surface area (Å²) in [5.74, 6) is -0.902. The van der Waals surface area contributed by atoms with Gasteiger partial charge in [-0.1, -0.05) is 54.5 Å². The largest absolute Gasteiger partial charge is 0.511 e. The van der Waals surface area contributed by atoms with Crippen molar-refractivity contribution in [3.63, 3.8) is 0 Å². The number of rotatable bonds is 9. The van der Waals surface area contributed by atoms with Gasteiger partial charge in [0.15, 0.2) is 0 Å². The molecular weight excluding hydrogens is 360 g/mol. The number of ether oxygens (including phenoxy) is 1. The Morgan fingerprint density at radius 1 is 1.11 bits per heavy atom. The molecule has 1 rings (SSSR count). The van der Waals surface area contributed by atoms with Crippen LogP contribution in [0.5, 0.6) is 0 Å². The minimum Gasteiger partial charge on any atom is -0.511 e. The van der Waals surface area contributed by atoms with Crippen LogP contribution in [0.4, 0.5) is 0 Å². The topological polar surface area (TPSA) is 107 Å². The third-order valence-electron chi connectivity index (χ3n) is 4.67. The first-order valence-electron chi connectivity index (χ1n) is 9.43. The average molecular weight is 392 g/mol. The molecule has 0 bridgehead atoms. The summed E-state index contributed by atoms with van der Waals surface area (Å²) in [5, 5.41) is 38.9. The van der Waals surface area contributed by atoms with E-state index in [1.54, 1.807) is 37.3 Å². The van der Waals surface area contributed by atoms with Gasteiger partial charge in [0, 0.05) is 6.42 Å². The molecule has 0 spiro atoms. The molecular formula is C22H32O6. The van der Waals surface area contributed by atoms with E-state index in [0.29, 0.717) is 6.42 Å². The number of hydrogen-bond donors (Lipinski definition) is 4. The Kier molecular flexibility index (Phi) is 9.93. The summed E-state index contributed by atoms with van der Waals surface area (Å²) >= 11 is 0. The van der Waals surface area contributed by atoms with Gasteiger partial charge in [-0.3, -0.25) is 0 Å². The van der Waals surface area contributed by atoms with Crippen molar-refractivity contribution in [1.29, 1.82) is 0 Å². The van der Waals surface area contributed by atoms with Gasteiger partial charge in [-0.05, 0) is 27.2 Å². The van der Waals surface area contributed by atoms with Crippen LogP contribution in [0.1, 0.15) is 40.5 Å². The molecule has 0 aromatic rings. The number of esters is 1. The van der Waals surface area contributed by atoms with Crippen LogP contribution >= 0.6 is 0 Å². The van der Waals surface area contributed by atoms with Crippen LogP contribution in [0, 0.1) is 5.92 Å². The summed E-state index contributed by atoms with van der Waals surface area (Å²) in [5.41, 5.74) is 1.96.